The standard InChI is InChI=1S/C25H18Cl3N5OS/c26-19-8-6-18(7-9-19)24-31-32-25(33(24)22-12-10-20(27)11-13-22)35-16-23(34)30-29-15-21(28)14-17-4-2-1-3-5-17/h1-15H,16H2,(H,30,34)/b21-14-,29-15+. The summed E-state index contributed by atoms with van der Waals surface area (Å²) < 4.78 is 1.86. The van der Waals surface area contributed by atoms with E-state index < -0.39 is 0 Å². The van der Waals surface area contributed by atoms with E-state index in [1.807, 2.05) is 59.2 Å². The van der Waals surface area contributed by atoms with Crippen molar-refractivity contribution in [3.05, 3.63) is 99.5 Å². The Kier molecular flexibility index (Phi) is 8.60. The summed E-state index contributed by atoms with van der Waals surface area (Å²) in [6, 6.07) is 24.2. The predicted molar refractivity (Wildman–Crippen MR) is 144 cm³/mol. The Labute approximate surface area is 221 Å². The molecule has 176 valence electrons. The first-order chi connectivity index (χ1) is 17.0. The van der Waals surface area contributed by atoms with Gasteiger partial charge in [-0.3, -0.25) is 9.36 Å². The number of halogens is 3. The van der Waals surface area contributed by atoms with E-state index >= 15 is 0 Å². The average molecular weight is 543 g/mol. The second-order valence-electron chi connectivity index (χ2n) is 7.15. The normalized spacial score (nSPS) is 11.7. The van der Waals surface area contributed by atoms with E-state index in [0.29, 0.717) is 26.1 Å². The number of hydrogen-bond donors (Lipinski definition) is 1. The Balaban J connectivity index is 1.47. The van der Waals surface area contributed by atoms with Gasteiger partial charge in [-0.1, -0.05) is 76.9 Å². The fourth-order valence-corrected chi connectivity index (χ4v) is 4.22. The van der Waals surface area contributed by atoms with Gasteiger partial charge in [-0.25, -0.2) is 5.43 Å². The number of thioether (sulfide) groups is 1. The number of allylic oxidation sites excluding steroid dienone is 1. The molecule has 0 aliphatic rings. The zero-order chi connectivity index (χ0) is 24.6. The van der Waals surface area contributed by atoms with Crippen LogP contribution in [0.15, 0.2) is 94.2 Å². The van der Waals surface area contributed by atoms with Crippen molar-refractivity contribution in [1.29, 1.82) is 0 Å². The van der Waals surface area contributed by atoms with Crippen molar-refractivity contribution in [1.82, 2.24) is 20.2 Å². The number of hydrazone groups is 1. The van der Waals surface area contributed by atoms with Gasteiger partial charge in [0.15, 0.2) is 11.0 Å². The summed E-state index contributed by atoms with van der Waals surface area (Å²) in [4.78, 5) is 12.4. The van der Waals surface area contributed by atoms with Crippen molar-refractivity contribution in [2.75, 3.05) is 5.75 Å². The molecule has 0 spiro atoms. The van der Waals surface area contributed by atoms with Crippen LogP contribution in [-0.2, 0) is 4.79 Å². The highest BCUT2D eigenvalue weighted by Crippen LogP contribution is 2.29. The first kappa shape index (κ1) is 25.0. The van der Waals surface area contributed by atoms with E-state index in [1.165, 1.54) is 18.0 Å². The van der Waals surface area contributed by atoms with E-state index in [2.05, 4.69) is 20.7 Å². The maximum Gasteiger partial charge on any atom is 0.250 e. The predicted octanol–water partition coefficient (Wildman–Crippen LogP) is 6.72. The molecule has 10 heteroatoms. The van der Waals surface area contributed by atoms with Crippen LogP contribution in [0.5, 0.6) is 0 Å². The number of carbonyl (C=O) groups excluding carboxylic acids is 1. The zero-order valence-corrected chi connectivity index (χ0v) is 21.2. The summed E-state index contributed by atoms with van der Waals surface area (Å²) in [7, 11) is 0. The van der Waals surface area contributed by atoms with Crippen LogP contribution in [0.1, 0.15) is 5.56 Å². The Morgan fingerprint density at radius 1 is 0.943 bits per heavy atom. The minimum Gasteiger partial charge on any atom is -0.272 e. The lowest BCUT2D eigenvalue weighted by Gasteiger charge is -2.10. The Bertz CT molecular complexity index is 1350. The second-order valence-corrected chi connectivity index (χ2v) is 9.40. The highest BCUT2D eigenvalue weighted by atomic mass is 35.5. The summed E-state index contributed by atoms with van der Waals surface area (Å²) in [6.45, 7) is 0. The topological polar surface area (TPSA) is 72.2 Å². The molecule has 1 heterocycles. The van der Waals surface area contributed by atoms with Crippen molar-refractivity contribution in [3.8, 4) is 17.1 Å². The molecule has 0 radical (unpaired) electrons. The number of benzene rings is 3. The van der Waals surface area contributed by atoms with E-state index in [4.69, 9.17) is 34.8 Å². The molecule has 0 saturated heterocycles. The molecule has 0 unspecified atom stereocenters. The quantitative estimate of drug-likeness (QED) is 0.152. The smallest absolute Gasteiger partial charge is 0.250 e. The molecule has 0 saturated carbocycles. The summed E-state index contributed by atoms with van der Waals surface area (Å²) in [6.07, 6.45) is 3.13. The fraction of sp³-hybridized carbons (Fsp3) is 0.0400. The Morgan fingerprint density at radius 3 is 2.29 bits per heavy atom. The first-order valence-electron chi connectivity index (χ1n) is 10.3. The zero-order valence-electron chi connectivity index (χ0n) is 18.1. The SMILES string of the molecule is O=C(CSc1nnc(-c2ccc(Cl)cc2)n1-c1ccc(Cl)cc1)N/N=C/C(Cl)=C/c1ccccc1. The van der Waals surface area contributed by atoms with Crippen LogP contribution >= 0.6 is 46.6 Å². The summed E-state index contributed by atoms with van der Waals surface area (Å²) in [5.74, 6) is 0.376. The molecule has 1 amide bonds. The lowest BCUT2D eigenvalue weighted by molar-refractivity contribution is -0.118. The van der Waals surface area contributed by atoms with Gasteiger partial charge in [0, 0.05) is 21.3 Å². The van der Waals surface area contributed by atoms with Crippen LogP contribution in [-0.4, -0.2) is 32.6 Å². The Morgan fingerprint density at radius 2 is 1.60 bits per heavy atom. The van der Waals surface area contributed by atoms with Gasteiger partial charge in [0.2, 0.25) is 0 Å². The number of hydrogen-bond acceptors (Lipinski definition) is 5. The van der Waals surface area contributed by atoms with Crippen molar-refractivity contribution in [2.45, 2.75) is 5.16 Å². The molecule has 4 rings (SSSR count). The van der Waals surface area contributed by atoms with Crippen LogP contribution in [0.2, 0.25) is 10.0 Å². The van der Waals surface area contributed by atoms with E-state index in [0.717, 1.165) is 16.8 Å². The van der Waals surface area contributed by atoms with Crippen LogP contribution in [0.4, 0.5) is 0 Å². The van der Waals surface area contributed by atoms with Crippen LogP contribution in [0.25, 0.3) is 23.2 Å². The van der Waals surface area contributed by atoms with Gasteiger partial charge in [-0.2, -0.15) is 5.10 Å². The molecule has 1 N–H and O–H groups in total. The number of amides is 1. The van der Waals surface area contributed by atoms with Crippen LogP contribution in [0.3, 0.4) is 0 Å². The van der Waals surface area contributed by atoms with E-state index in [1.54, 1.807) is 30.3 Å². The van der Waals surface area contributed by atoms with Gasteiger partial charge in [0.05, 0.1) is 17.0 Å². The average Bonchev–Trinajstić information content (AvgIpc) is 3.28. The second kappa shape index (κ2) is 12.0. The maximum absolute atomic E-state index is 12.4. The molecule has 0 aliphatic heterocycles. The lowest BCUT2D eigenvalue weighted by Crippen LogP contribution is -2.19. The number of aromatic nitrogens is 3. The number of nitrogens with zero attached hydrogens (tertiary/aromatic N) is 4. The fourth-order valence-electron chi connectivity index (χ4n) is 3.05. The minimum atomic E-state index is -0.311. The van der Waals surface area contributed by atoms with Gasteiger partial charge in [-0.15, -0.1) is 10.2 Å². The molecule has 0 bridgehead atoms. The third-order valence-electron chi connectivity index (χ3n) is 4.63. The third kappa shape index (κ3) is 6.96. The van der Waals surface area contributed by atoms with Crippen molar-refractivity contribution in [2.24, 2.45) is 5.10 Å². The maximum atomic E-state index is 12.4. The number of rotatable bonds is 8. The molecule has 0 atom stereocenters. The van der Waals surface area contributed by atoms with E-state index in [-0.39, 0.29) is 11.7 Å². The van der Waals surface area contributed by atoms with Gasteiger partial charge in [0.1, 0.15) is 0 Å². The minimum absolute atomic E-state index is 0.0731. The van der Waals surface area contributed by atoms with Crippen molar-refractivity contribution in [3.63, 3.8) is 0 Å². The lowest BCUT2D eigenvalue weighted by atomic mass is 10.2. The van der Waals surface area contributed by atoms with Gasteiger partial charge >= 0.3 is 0 Å². The van der Waals surface area contributed by atoms with Gasteiger partial charge in [0.25, 0.3) is 5.91 Å². The Hall–Kier alpha value is -3.10. The number of nitrogens with one attached hydrogen (secondary N) is 1. The molecule has 4 aromatic rings. The van der Waals surface area contributed by atoms with Crippen molar-refractivity contribution >= 4 is 64.8 Å². The monoisotopic (exact) mass is 541 g/mol. The molecule has 0 fully saturated rings. The first-order valence-corrected chi connectivity index (χ1v) is 12.5. The van der Waals surface area contributed by atoms with Gasteiger partial charge < -0.3 is 0 Å². The highest BCUT2D eigenvalue weighted by Gasteiger charge is 2.17. The molecule has 0 aliphatic carbocycles. The molecular formula is C25H18Cl3N5OS. The molecule has 1 aromatic heterocycles. The third-order valence-corrected chi connectivity index (χ3v) is 6.27. The summed E-state index contributed by atoms with van der Waals surface area (Å²) in [5, 5.41) is 14.7. The summed E-state index contributed by atoms with van der Waals surface area (Å²) >= 11 is 19.5. The van der Waals surface area contributed by atoms with Crippen LogP contribution in [0, 0.1) is 0 Å². The largest absolute Gasteiger partial charge is 0.272 e. The molecular weight excluding hydrogens is 525 g/mol. The molecule has 35 heavy (non-hydrogen) atoms. The highest BCUT2D eigenvalue weighted by molar-refractivity contribution is 7.99. The van der Waals surface area contributed by atoms with Crippen LogP contribution < -0.4 is 5.43 Å². The van der Waals surface area contributed by atoms with Crippen molar-refractivity contribution < 1.29 is 4.79 Å². The number of carbonyl (C=O) groups is 1. The van der Waals surface area contributed by atoms with Gasteiger partial charge in [-0.05, 0) is 60.2 Å². The van der Waals surface area contributed by atoms with E-state index in [9.17, 15) is 4.79 Å². The molecule has 6 nitrogen and oxygen atoms in total. The summed E-state index contributed by atoms with van der Waals surface area (Å²) in [5.41, 5.74) is 5.05. The molecule has 3 aromatic carbocycles.